The quantitative estimate of drug-likeness (QED) is 0.460. The second-order valence-electron chi connectivity index (χ2n) is 13.2. The van der Waals surface area contributed by atoms with Crippen molar-refractivity contribution < 1.29 is 20.4 Å². The van der Waals surface area contributed by atoms with E-state index in [9.17, 15) is 20.4 Å². The Hall–Kier alpha value is -0.420. The van der Waals surface area contributed by atoms with E-state index in [0.29, 0.717) is 36.5 Å². The molecule has 0 bridgehead atoms. The summed E-state index contributed by atoms with van der Waals surface area (Å²) in [7, 11) is 0. The summed E-state index contributed by atoms with van der Waals surface area (Å²) in [6.07, 6.45) is 8.35. The van der Waals surface area contributed by atoms with Crippen LogP contribution in [0.5, 0.6) is 0 Å². The normalized spacial score (nSPS) is 48.3. The highest BCUT2D eigenvalue weighted by Crippen LogP contribution is 2.67. The molecule has 0 radical (unpaired) electrons. The first-order valence-corrected chi connectivity index (χ1v) is 13.3. The fourth-order valence-corrected chi connectivity index (χ4v) is 8.86. The molecular weight excluding hydrogens is 400 g/mol. The lowest BCUT2D eigenvalue weighted by Crippen LogP contribution is -2.60. The fourth-order valence-electron chi connectivity index (χ4n) is 8.86. The van der Waals surface area contributed by atoms with Gasteiger partial charge in [0, 0.05) is 11.8 Å². The standard InChI is InChI=1S/C28H48O4/c1-16(7-8-17(2)26(3,4)32)21-11-12-22-20-10-9-18-13-19(29)14-24(31)28(18,6)25(20)23(30)15-27(21,22)5/h9,16-17,19-25,29-32H,7-8,10-15H2,1-6H3. The second-order valence-corrected chi connectivity index (χ2v) is 13.2. The van der Waals surface area contributed by atoms with E-state index in [-0.39, 0.29) is 17.3 Å². The van der Waals surface area contributed by atoms with Gasteiger partial charge in [-0.2, -0.15) is 0 Å². The van der Waals surface area contributed by atoms with Gasteiger partial charge >= 0.3 is 0 Å². The van der Waals surface area contributed by atoms with Gasteiger partial charge in [0.1, 0.15) is 0 Å². The fraction of sp³-hybridized carbons (Fsp3) is 0.929. The number of fused-ring (bicyclic) bond motifs is 5. The first-order valence-electron chi connectivity index (χ1n) is 13.3. The molecule has 0 heterocycles. The van der Waals surface area contributed by atoms with E-state index in [0.717, 1.165) is 25.7 Å². The predicted molar refractivity (Wildman–Crippen MR) is 128 cm³/mol. The van der Waals surface area contributed by atoms with Crippen LogP contribution in [0.2, 0.25) is 0 Å². The Morgan fingerprint density at radius 2 is 1.78 bits per heavy atom. The molecule has 0 saturated heterocycles. The monoisotopic (exact) mass is 448 g/mol. The molecule has 0 aromatic carbocycles. The summed E-state index contributed by atoms with van der Waals surface area (Å²) >= 11 is 0. The minimum atomic E-state index is -0.633. The van der Waals surface area contributed by atoms with E-state index in [1.807, 2.05) is 13.8 Å². The summed E-state index contributed by atoms with van der Waals surface area (Å²) in [5.74, 6) is 2.56. The van der Waals surface area contributed by atoms with Gasteiger partial charge in [0.2, 0.25) is 0 Å². The van der Waals surface area contributed by atoms with E-state index in [1.165, 1.54) is 18.4 Å². The van der Waals surface area contributed by atoms with Crippen molar-refractivity contribution in [3.05, 3.63) is 11.6 Å². The molecule has 0 aromatic rings. The van der Waals surface area contributed by atoms with Crippen molar-refractivity contribution in [3.8, 4) is 0 Å². The van der Waals surface area contributed by atoms with Crippen molar-refractivity contribution in [1.82, 2.24) is 0 Å². The van der Waals surface area contributed by atoms with Crippen LogP contribution in [-0.2, 0) is 0 Å². The molecule has 184 valence electrons. The van der Waals surface area contributed by atoms with Gasteiger partial charge in [-0.3, -0.25) is 0 Å². The molecular formula is C28H48O4. The molecule has 11 atom stereocenters. The van der Waals surface area contributed by atoms with Crippen molar-refractivity contribution in [3.63, 3.8) is 0 Å². The molecule has 4 heteroatoms. The first-order chi connectivity index (χ1) is 14.8. The molecule has 4 N–H and O–H groups in total. The Balaban J connectivity index is 1.55. The number of rotatable bonds is 5. The van der Waals surface area contributed by atoms with E-state index >= 15 is 0 Å². The van der Waals surface area contributed by atoms with Crippen molar-refractivity contribution in [2.24, 2.45) is 46.3 Å². The second kappa shape index (κ2) is 8.36. The number of hydrogen-bond acceptors (Lipinski definition) is 4. The topological polar surface area (TPSA) is 80.9 Å². The van der Waals surface area contributed by atoms with Crippen molar-refractivity contribution >= 4 is 0 Å². The van der Waals surface area contributed by atoms with Crippen LogP contribution in [0, 0.1) is 46.3 Å². The molecule has 4 rings (SSSR count). The Labute approximate surface area is 195 Å². The van der Waals surface area contributed by atoms with Gasteiger partial charge in [-0.1, -0.05) is 45.8 Å². The summed E-state index contributed by atoms with van der Waals surface area (Å²) in [6.45, 7) is 13.0. The third kappa shape index (κ3) is 3.82. The largest absolute Gasteiger partial charge is 0.393 e. The van der Waals surface area contributed by atoms with Crippen LogP contribution in [0.25, 0.3) is 0 Å². The van der Waals surface area contributed by atoms with E-state index in [4.69, 9.17) is 0 Å². The molecule has 0 spiro atoms. The third-order valence-corrected chi connectivity index (χ3v) is 11.1. The Bertz CT molecular complexity index is 725. The molecule has 0 aromatic heterocycles. The smallest absolute Gasteiger partial charge is 0.0659 e. The molecule has 0 amide bonds. The van der Waals surface area contributed by atoms with Gasteiger partial charge < -0.3 is 20.4 Å². The van der Waals surface area contributed by atoms with Gasteiger partial charge in [-0.05, 0) is 93.3 Å². The minimum Gasteiger partial charge on any atom is -0.393 e. The van der Waals surface area contributed by atoms with Gasteiger partial charge in [-0.25, -0.2) is 0 Å². The lowest BCUT2D eigenvalue weighted by atomic mass is 9.45. The van der Waals surface area contributed by atoms with E-state index in [2.05, 4.69) is 33.8 Å². The number of aliphatic hydroxyl groups is 4. The molecule has 4 aliphatic rings. The van der Waals surface area contributed by atoms with Gasteiger partial charge in [0.15, 0.2) is 0 Å². The van der Waals surface area contributed by atoms with Crippen molar-refractivity contribution in [1.29, 1.82) is 0 Å². The van der Waals surface area contributed by atoms with Crippen LogP contribution in [0.15, 0.2) is 11.6 Å². The molecule has 0 aliphatic heterocycles. The van der Waals surface area contributed by atoms with Crippen LogP contribution >= 0.6 is 0 Å². The highest BCUT2D eigenvalue weighted by atomic mass is 16.3. The average Bonchev–Trinajstić information content (AvgIpc) is 3.02. The van der Waals surface area contributed by atoms with Gasteiger partial charge in [0.25, 0.3) is 0 Å². The molecule has 4 aliphatic carbocycles. The zero-order valence-electron chi connectivity index (χ0n) is 21.2. The minimum absolute atomic E-state index is 0.0901. The van der Waals surface area contributed by atoms with Crippen LogP contribution in [0.4, 0.5) is 0 Å². The highest BCUT2D eigenvalue weighted by molar-refractivity contribution is 5.28. The molecule has 3 saturated carbocycles. The SMILES string of the molecule is CC(CCC(C)C(C)(C)O)C1CCC2C3CC=C4CC(O)CC(O)C4(C)C3C(O)CC12C. The Morgan fingerprint density at radius 3 is 2.44 bits per heavy atom. The Kier molecular flexibility index (Phi) is 6.45. The van der Waals surface area contributed by atoms with Crippen LogP contribution in [0.3, 0.4) is 0 Å². The summed E-state index contributed by atoms with van der Waals surface area (Å²) in [6, 6.07) is 0. The highest BCUT2D eigenvalue weighted by Gasteiger charge is 2.63. The third-order valence-electron chi connectivity index (χ3n) is 11.1. The number of hydrogen-bond donors (Lipinski definition) is 4. The maximum absolute atomic E-state index is 11.6. The molecule has 11 unspecified atom stereocenters. The van der Waals surface area contributed by atoms with Crippen molar-refractivity contribution in [2.45, 2.75) is 117 Å². The average molecular weight is 449 g/mol. The van der Waals surface area contributed by atoms with E-state index in [1.54, 1.807) is 0 Å². The van der Waals surface area contributed by atoms with Gasteiger partial charge in [0.05, 0.1) is 23.9 Å². The van der Waals surface area contributed by atoms with Crippen molar-refractivity contribution in [2.75, 3.05) is 0 Å². The lowest BCUT2D eigenvalue weighted by molar-refractivity contribution is -0.159. The summed E-state index contributed by atoms with van der Waals surface area (Å²) in [5, 5.41) is 43.3. The number of aliphatic hydroxyl groups excluding tert-OH is 3. The molecule has 4 nitrogen and oxygen atoms in total. The van der Waals surface area contributed by atoms with Gasteiger partial charge in [-0.15, -0.1) is 0 Å². The number of allylic oxidation sites excluding steroid dienone is 1. The molecule has 3 fully saturated rings. The maximum atomic E-state index is 11.6. The first kappa shape index (κ1) is 24.7. The zero-order chi connectivity index (χ0) is 23.6. The lowest BCUT2D eigenvalue weighted by Gasteiger charge is -2.61. The summed E-state index contributed by atoms with van der Waals surface area (Å²) < 4.78 is 0. The van der Waals surface area contributed by atoms with Crippen LogP contribution in [0.1, 0.15) is 92.9 Å². The van der Waals surface area contributed by atoms with Crippen LogP contribution in [-0.4, -0.2) is 44.3 Å². The van der Waals surface area contributed by atoms with E-state index < -0.39 is 29.3 Å². The predicted octanol–water partition coefficient (Wildman–Crippen LogP) is 4.69. The summed E-state index contributed by atoms with van der Waals surface area (Å²) in [5.41, 5.74) is 0.274. The summed E-state index contributed by atoms with van der Waals surface area (Å²) in [4.78, 5) is 0. The maximum Gasteiger partial charge on any atom is 0.0659 e. The van der Waals surface area contributed by atoms with Crippen LogP contribution < -0.4 is 0 Å². The molecule has 32 heavy (non-hydrogen) atoms. The Morgan fingerprint density at radius 1 is 1.09 bits per heavy atom. The zero-order valence-corrected chi connectivity index (χ0v) is 21.2.